The number of amides is 1. The van der Waals surface area contributed by atoms with Crippen LogP contribution in [0.1, 0.15) is 18.4 Å². The molecule has 13 heavy (non-hydrogen) atoms. The predicted molar refractivity (Wildman–Crippen MR) is 49.1 cm³/mol. The van der Waals surface area contributed by atoms with E-state index >= 15 is 0 Å². The molecule has 3 nitrogen and oxygen atoms in total. The highest BCUT2D eigenvalue weighted by atomic mass is 16.2. The topological polar surface area (TPSA) is 60.2 Å². The maximum absolute atomic E-state index is 11.2. The van der Waals surface area contributed by atoms with Gasteiger partial charge in [0.05, 0.1) is 0 Å². The number of Topliss-reactive ketones (excluding diaryl/α,β-unsaturated/α-hetero) is 1. The minimum atomic E-state index is -0.878. The van der Waals surface area contributed by atoms with Crippen LogP contribution in [0.25, 0.3) is 0 Å². The third kappa shape index (κ3) is 2.15. The van der Waals surface area contributed by atoms with Crippen molar-refractivity contribution in [3.63, 3.8) is 0 Å². The molecule has 1 unspecified atom stereocenters. The minimum absolute atomic E-state index is 0.446. The van der Waals surface area contributed by atoms with Gasteiger partial charge in [0, 0.05) is 5.92 Å². The van der Waals surface area contributed by atoms with E-state index in [1.165, 1.54) is 0 Å². The number of carbonyl (C=O) groups is 2. The number of ketones is 1. The highest BCUT2D eigenvalue weighted by Crippen LogP contribution is 2.14. The maximum atomic E-state index is 11.2. The average Bonchev–Trinajstić information content (AvgIpc) is 2.17. The van der Waals surface area contributed by atoms with Gasteiger partial charge in [0.1, 0.15) is 0 Å². The lowest BCUT2D eigenvalue weighted by molar-refractivity contribution is -0.136. The first-order chi connectivity index (χ1) is 6.13. The van der Waals surface area contributed by atoms with Gasteiger partial charge < -0.3 is 5.73 Å². The zero-order chi connectivity index (χ0) is 9.84. The first kappa shape index (κ1) is 9.45. The van der Waals surface area contributed by atoms with Gasteiger partial charge in [0.25, 0.3) is 5.91 Å². The summed E-state index contributed by atoms with van der Waals surface area (Å²) in [6.45, 7) is 1.67. The lowest BCUT2D eigenvalue weighted by Crippen LogP contribution is -2.27. The summed E-state index contributed by atoms with van der Waals surface area (Å²) in [7, 11) is 0. The molecule has 1 aromatic carbocycles. The normalized spacial score (nSPS) is 12.1. The Kier molecular flexibility index (Phi) is 2.80. The van der Waals surface area contributed by atoms with Gasteiger partial charge in [-0.25, -0.2) is 0 Å². The Balaban J connectivity index is 2.86. The van der Waals surface area contributed by atoms with Crippen LogP contribution in [0.2, 0.25) is 0 Å². The molecule has 0 aliphatic carbocycles. The summed E-state index contributed by atoms with van der Waals surface area (Å²) in [5, 5.41) is 0. The van der Waals surface area contributed by atoms with Crippen molar-refractivity contribution < 1.29 is 9.59 Å². The number of primary amides is 1. The van der Waals surface area contributed by atoms with Gasteiger partial charge in [-0.2, -0.15) is 0 Å². The van der Waals surface area contributed by atoms with Crippen molar-refractivity contribution in [2.45, 2.75) is 12.8 Å². The summed E-state index contributed by atoms with van der Waals surface area (Å²) >= 11 is 0. The first-order valence-electron chi connectivity index (χ1n) is 4.01. The third-order valence-corrected chi connectivity index (χ3v) is 1.94. The largest absolute Gasteiger partial charge is 0.363 e. The molecule has 0 radical (unpaired) electrons. The van der Waals surface area contributed by atoms with Crippen LogP contribution in [0.15, 0.2) is 30.3 Å². The van der Waals surface area contributed by atoms with Gasteiger partial charge in [-0.1, -0.05) is 37.3 Å². The van der Waals surface area contributed by atoms with E-state index in [1.54, 1.807) is 19.1 Å². The predicted octanol–water partition coefficient (Wildman–Crippen LogP) is 0.844. The van der Waals surface area contributed by atoms with Crippen molar-refractivity contribution in [2.24, 2.45) is 5.73 Å². The van der Waals surface area contributed by atoms with E-state index in [9.17, 15) is 9.59 Å². The number of hydrogen-bond acceptors (Lipinski definition) is 2. The van der Waals surface area contributed by atoms with Crippen LogP contribution in [-0.2, 0) is 9.59 Å². The number of rotatable bonds is 3. The van der Waals surface area contributed by atoms with Gasteiger partial charge in [0.15, 0.2) is 0 Å². The number of nitrogens with two attached hydrogens (primary N) is 1. The van der Waals surface area contributed by atoms with E-state index in [2.05, 4.69) is 0 Å². The summed E-state index contributed by atoms with van der Waals surface area (Å²) in [5.74, 6) is -1.87. The van der Waals surface area contributed by atoms with Crippen LogP contribution in [-0.4, -0.2) is 11.7 Å². The number of carbonyl (C=O) groups excluding carboxylic acids is 2. The van der Waals surface area contributed by atoms with E-state index in [-0.39, 0.29) is 0 Å². The molecule has 0 saturated carbocycles. The zero-order valence-electron chi connectivity index (χ0n) is 7.36. The van der Waals surface area contributed by atoms with Crippen molar-refractivity contribution in [3.05, 3.63) is 35.9 Å². The molecule has 0 aromatic heterocycles. The van der Waals surface area contributed by atoms with E-state index in [1.807, 2.05) is 18.2 Å². The van der Waals surface area contributed by atoms with Crippen molar-refractivity contribution in [3.8, 4) is 0 Å². The van der Waals surface area contributed by atoms with Crippen LogP contribution in [0.5, 0.6) is 0 Å². The highest BCUT2D eigenvalue weighted by Gasteiger charge is 2.19. The molecule has 2 N–H and O–H groups in total. The van der Waals surface area contributed by atoms with Gasteiger partial charge in [0.2, 0.25) is 5.78 Å². The van der Waals surface area contributed by atoms with Crippen molar-refractivity contribution >= 4 is 11.7 Å². The van der Waals surface area contributed by atoms with E-state index in [0.29, 0.717) is 0 Å². The molecule has 68 valence electrons. The highest BCUT2D eigenvalue weighted by molar-refractivity contribution is 6.37. The fraction of sp³-hybridized carbons (Fsp3) is 0.200. The van der Waals surface area contributed by atoms with Crippen molar-refractivity contribution in [2.75, 3.05) is 0 Å². The molecule has 0 fully saturated rings. The molecule has 1 rings (SSSR count). The smallest absolute Gasteiger partial charge is 0.285 e. The monoisotopic (exact) mass is 177 g/mol. The lowest BCUT2D eigenvalue weighted by atomic mass is 9.97. The van der Waals surface area contributed by atoms with Gasteiger partial charge >= 0.3 is 0 Å². The van der Waals surface area contributed by atoms with Crippen molar-refractivity contribution in [1.29, 1.82) is 0 Å². The Morgan fingerprint density at radius 3 is 2.23 bits per heavy atom. The molecule has 0 aliphatic rings. The Bertz CT molecular complexity index is 319. The Hall–Kier alpha value is -1.64. The van der Waals surface area contributed by atoms with Crippen LogP contribution < -0.4 is 5.73 Å². The summed E-state index contributed by atoms with van der Waals surface area (Å²) in [4.78, 5) is 21.8. The van der Waals surface area contributed by atoms with Crippen LogP contribution >= 0.6 is 0 Å². The summed E-state index contributed by atoms with van der Waals surface area (Å²) < 4.78 is 0. The molecule has 0 saturated heterocycles. The maximum Gasteiger partial charge on any atom is 0.285 e. The molecule has 1 amide bonds. The minimum Gasteiger partial charge on any atom is -0.363 e. The molecule has 0 aliphatic heterocycles. The Morgan fingerprint density at radius 1 is 1.23 bits per heavy atom. The van der Waals surface area contributed by atoms with E-state index < -0.39 is 17.6 Å². The fourth-order valence-electron chi connectivity index (χ4n) is 1.11. The summed E-state index contributed by atoms with van der Waals surface area (Å²) in [5.41, 5.74) is 5.70. The second kappa shape index (κ2) is 3.85. The molecule has 1 atom stereocenters. The first-order valence-corrected chi connectivity index (χ1v) is 4.01. The number of hydrogen-bond donors (Lipinski definition) is 1. The quantitative estimate of drug-likeness (QED) is 0.695. The van der Waals surface area contributed by atoms with E-state index in [4.69, 9.17) is 5.73 Å². The lowest BCUT2D eigenvalue weighted by Gasteiger charge is -2.06. The number of benzene rings is 1. The summed E-state index contributed by atoms with van der Waals surface area (Å²) in [6.07, 6.45) is 0. The fourth-order valence-corrected chi connectivity index (χ4v) is 1.11. The van der Waals surface area contributed by atoms with Crippen LogP contribution in [0.3, 0.4) is 0 Å². The summed E-state index contributed by atoms with van der Waals surface area (Å²) in [6, 6.07) is 9.09. The third-order valence-electron chi connectivity index (χ3n) is 1.94. The van der Waals surface area contributed by atoms with Gasteiger partial charge in [-0.3, -0.25) is 9.59 Å². The Labute approximate surface area is 76.6 Å². The molecular weight excluding hydrogens is 166 g/mol. The van der Waals surface area contributed by atoms with Gasteiger partial charge in [-0.15, -0.1) is 0 Å². The standard InChI is InChI=1S/C10H11NO2/c1-7(9(12)10(11)13)8-5-3-2-4-6-8/h2-7H,1H3,(H2,11,13). The molecule has 0 heterocycles. The SMILES string of the molecule is CC(C(=O)C(N)=O)c1ccccc1. The van der Waals surface area contributed by atoms with Crippen LogP contribution in [0, 0.1) is 0 Å². The van der Waals surface area contributed by atoms with E-state index in [0.717, 1.165) is 5.56 Å². The Morgan fingerprint density at radius 2 is 1.77 bits per heavy atom. The second-order valence-electron chi connectivity index (χ2n) is 2.86. The second-order valence-corrected chi connectivity index (χ2v) is 2.86. The van der Waals surface area contributed by atoms with Gasteiger partial charge in [-0.05, 0) is 5.56 Å². The van der Waals surface area contributed by atoms with Crippen molar-refractivity contribution in [1.82, 2.24) is 0 Å². The molecule has 0 spiro atoms. The molecule has 3 heteroatoms. The van der Waals surface area contributed by atoms with Crippen LogP contribution in [0.4, 0.5) is 0 Å². The molecule has 1 aromatic rings. The zero-order valence-corrected chi connectivity index (χ0v) is 7.36. The average molecular weight is 177 g/mol. The molecular formula is C10H11NO2. The molecule has 0 bridgehead atoms.